The molecule has 0 atom stereocenters. The Morgan fingerprint density at radius 1 is 1.12 bits per heavy atom. The van der Waals surface area contributed by atoms with Crippen molar-refractivity contribution in [2.24, 2.45) is 0 Å². The number of benzene rings is 1. The van der Waals surface area contributed by atoms with E-state index in [1.54, 1.807) is 0 Å². The van der Waals surface area contributed by atoms with Crippen LogP contribution in [0.5, 0.6) is 0 Å². The largest absolute Gasteiger partial charge is 0.0955 e. The normalized spacial score (nSPS) is 12.5. The lowest BCUT2D eigenvalue weighted by molar-refractivity contribution is 0.815. The second-order valence-corrected chi connectivity index (χ2v) is 7.21. The van der Waals surface area contributed by atoms with Crippen LogP contribution in [0.1, 0.15) is 77.8 Å². The second kappa shape index (κ2) is 14.6. The molecule has 1 heteroatoms. The van der Waals surface area contributed by atoms with Crippen LogP contribution in [0.2, 0.25) is 0 Å². The molecule has 0 amide bonds. The van der Waals surface area contributed by atoms with Crippen molar-refractivity contribution in [3.63, 3.8) is 0 Å². The zero-order chi connectivity index (χ0) is 19.9. The quantitative estimate of drug-likeness (QED) is 0.315. The Hall–Kier alpha value is -1.53. The molecule has 1 aromatic rings. The van der Waals surface area contributed by atoms with E-state index < -0.39 is 0 Å². The number of allylic oxidation sites excluding steroid dienone is 7. The molecule has 0 radical (unpaired) electrons. The van der Waals surface area contributed by atoms with Gasteiger partial charge < -0.3 is 0 Å². The first-order chi connectivity index (χ1) is 12.4. The molecule has 0 N–H and O–H groups in total. The number of hydrogen-bond donors (Lipinski definition) is 0. The van der Waals surface area contributed by atoms with E-state index >= 15 is 0 Å². The molecule has 0 fully saturated rings. The summed E-state index contributed by atoms with van der Waals surface area (Å²) in [5.41, 5.74) is 6.36. The van der Waals surface area contributed by atoms with Gasteiger partial charge in [-0.25, -0.2) is 0 Å². The zero-order valence-electron chi connectivity index (χ0n) is 17.7. The molecule has 0 nitrogen and oxygen atoms in total. The van der Waals surface area contributed by atoms with Crippen LogP contribution >= 0.6 is 11.6 Å². The Kier molecular flexibility index (Phi) is 13.8. The first-order valence-corrected chi connectivity index (χ1v) is 10.2. The van der Waals surface area contributed by atoms with E-state index in [4.69, 9.17) is 11.6 Å². The van der Waals surface area contributed by atoms with Gasteiger partial charge in [-0.3, -0.25) is 0 Å². The fraction of sp³-hybridized carbons (Fsp3) is 0.440. The standard InChI is InChI=1S/C16H22.C9H15Cl/c1-5-6-7-11-15(13(2)3)16-12-9-8-10-14(16)4;1-4-6-9(10)7-8(3)5-2/h8-12H,2,5-7H2,1,3-4H3;5,7H,4,6H2,1-3H3/b15-11-;8-5-,9-7+. The van der Waals surface area contributed by atoms with E-state index in [0.717, 1.165) is 29.9 Å². The lowest BCUT2D eigenvalue weighted by Gasteiger charge is -2.10. The van der Waals surface area contributed by atoms with Crippen LogP contribution in [0.25, 0.3) is 5.57 Å². The van der Waals surface area contributed by atoms with Crippen molar-refractivity contribution in [1.82, 2.24) is 0 Å². The van der Waals surface area contributed by atoms with Gasteiger partial charge in [-0.15, -0.1) is 0 Å². The number of aryl methyl sites for hydroxylation is 1. The molecule has 0 spiro atoms. The highest BCUT2D eigenvalue weighted by Gasteiger charge is 2.04. The molecule has 0 aliphatic heterocycles. The van der Waals surface area contributed by atoms with Crippen molar-refractivity contribution < 1.29 is 0 Å². The summed E-state index contributed by atoms with van der Waals surface area (Å²) >= 11 is 5.87. The molecule has 144 valence electrons. The lowest BCUT2D eigenvalue weighted by Crippen LogP contribution is -1.90. The molecule has 0 bridgehead atoms. The maximum atomic E-state index is 5.87. The van der Waals surface area contributed by atoms with Crippen molar-refractivity contribution in [2.45, 2.75) is 73.6 Å². The predicted molar refractivity (Wildman–Crippen MR) is 122 cm³/mol. The van der Waals surface area contributed by atoms with Crippen LogP contribution in [0.4, 0.5) is 0 Å². The predicted octanol–water partition coefficient (Wildman–Crippen LogP) is 9.02. The molecule has 0 aliphatic carbocycles. The summed E-state index contributed by atoms with van der Waals surface area (Å²) in [4.78, 5) is 0. The molecular weight excluding hydrogens is 336 g/mol. The van der Waals surface area contributed by atoms with Crippen molar-refractivity contribution in [3.8, 4) is 0 Å². The van der Waals surface area contributed by atoms with Gasteiger partial charge in [0.2, 0.25) is 0 Å². The second-order valence-electron chi connectivity index (χ2n) is 6.73. The number of unbranched alkanes of at least 4 members (excludes halogenated alkanes) is 2. The van der Waals surface area contributed by atoms with Crippen LogP contribution < -0.4 is 0 Å². The third-order valence-electron chi connectivity index (χ3n) is 4.13. The highest BCUT2D eigenvalue weighted by Crippen LogP contribution is 2.25. The molecular formula is C25H37Cl. The Balaban J connectivity index is 0.000000541. The van der Waals surface area contributed by atoms with Crippen LogP contribution in [-0.2, 0) is 0 Å². The van der Waals surface area contributed by atoms with Crippen LogP contribution in [-0.4, -0.2) is 0 Å². The minimum atomic E-state index is 0.957. The average molecular weight is 373 g/mol. The summed E-state index contributed by atoms with van der Waals surface area (Å²) in [6, 6.07) is 8.52. The molecule has 0 heterocycles. The molecule has 0 saturated heterocycles. The molecule has 1 aromatic carbocycles. The molecule has 0 aromatic heterocycles. The number of rotatable bonds is 8. The fourth-order valence-corrected chi connectivity index (χ4v) is 2.84. The SMILES string of the molecule is C/C=C(C)\C=C(\Cl)CCC.C=C(C)/C(=C/CCCC)c1ccccc1C. The zero-order valence-corrected chi connectivity index (χ0v) is 18.4. The minimum Gasteiger partial charge on any atom is -0.0955 e. The van der Waals surface area contributed by atoms with Crippen molar-refractivity contribution in [1.29, 1.82) is 0 Å². The maximum Gasteiger partial charge on any atom is 0.0183 e. The first kappa shape index (κ1) is 24.5. The van der Waals surface area contributed by atoms with Crippen LogP contribution in [0.15, 0.2) is 65.3 Å². The van der Waals surface area contributed by atoms with Gasteiger partial charge in [0, 0.05) is 5.03 Å². The minimum absolute atomic E-state index is 0.957. The smallest absolute Gasteiger partial charge is 0.0183 e. The highest BCUT2D eigenvalue weighted by atomic mass is 35.5. The third kappa shape index (κ3) is 10.5. The molecule has 26 heavy (non-hydrogen) atoms. The van der Waals surface area contributed by atoms with E-state index in [0.29, 0.717) is 0 Å². The third-order valence-corrected chi connectivity index (χ3v) is 4.43. The molecule has 0 saturated carbocycles. The van der Waals surface area contributed by atoms with Gasteiger partial charge in [0.1, 0.15) is 0 Å². The number of halogens is 1. The molecule has 0 unspecified atom stereocenters. The van der Waals surface area contributed by atoms with Crippen LogP contribution in [0.3, 0.4) is 0 Å². The van der Waals surface area contributed by atoms with E-state index in [2.05, 4.69) is 77.6 Å². The Morgan fingerprint density at radius 3 is 2.27 bits per heavy atom. The Morgan fingerprint density at radius 2 is 1.77 bits per heavy atom. The van der Waals surface area contributed by atoms with Crippen LogP contribution in [0, 0.1) is 6.92 Å². The van der Waals surface area contributed by atoms with Crippen molar-refractivity contribution in [3.05, 3.63) is 76.4 Å². The van der Waals surface area contributed by atoms with Gasteiger partial charge in [-0.1, -0.05) is 98.9 Å². The summed E-state index contributed by atoms with van der Waals surface area (Å²) in [6.07, 6.45) is 12.2. The van der Waals surface area contributed by atoms with E-state index in [1.807, 2.05) is 13.0 Å². The van der Waals surface area contributed by atoms with E-state index in [1.165, 1.54) is 35.1 Å². The lowest BCUT2D eigenvalue weighted by atomic mass is 9.95. The van der Waals surface area contributed by atoms with Gasteiger partial charge in [0.05, 0.1) is 0 Å². The maximum absolute atomic E-state index is 5.87. The van der Waals surface area contributed by atoms with Crippen molar-refractivity contribution in [2.75, 3.05) is 0 Å². The van der Waals surface area contributed by atoms with Crippen molar-refractivity contribution >= 4 is 17.2 Å². The highest BCUT2D eigenvalue weighted by molar-refractivity contribution is 6.29. The summed E-state index contributed by atoms with van der Waals surface area (Å²) in [6.45, 7) is 16.7. The Bertz CT molecular complexity index is 629. The number of hydrogen-bond acceptors (Lipinski definition) is 0. The Labute approximate surface area is 167 Å². The van der Waals surface area contributed by atoms with Gasteiger partial charge in [0.15, 0.2) is 0 Å². The topological polar surface area (TPSA) is 0 Å². The summed E-state index contributed by atoms with van der Waals surface area (Å²) in [5.74, 6) is 0. The van der Waals surface area contributed by atoms with E-state index in [-0.39, 0.29) is 0 Å². The first-order valence-electron chi connectivity index (χ1n) is 9.78. The summed E-state index contributed by atoms with van der Waals surface area (Å²) in [7, 11) is 0. The molecule has 0 aliphatic rings. The summed E-state index contributed by atoms with van der Waals surface area (Å²) < 4.78 is 0. The fourth-order valence-electron chi connectivity index (χ4n) is 2.48. The van der Waals surface area contributed by atoms with E-state index in [9.17, 15) is 0 Å². The van der Waals surface area contributed by atoms with Gasteiger partial charge >= 0.3 is 0 Å². The van der Waals surface area contributed by atoms with Gasteiger partial charge in [-0.05, 0) is 63.3 Å². The van der Waals surface area contributed by atoms with Gasteiger partial charge in [-0.2, -0.15) is 0 Å². The molecule has 1 rings (SSSR count). The summed E-state index contributed by atoms with van der Waals surface area (Å²) in [5, 5.41) is 0.957. The average Bonchev–Trinajstić information content (AvgIpc) is 2.60. The monoisotopic (exact) mass is 372 g/mol. The van der Waals surface area contributed by atoms with Gasteiger partial charge in [0.25, 0.3) is 0 Å².